The lowest BCUT2D eigenvalue weighted by Crippen LogP contribution is -2.45. The summed E-state index contributed by atoms with van der Waals surface area (Å²) in [7, 11) is 0. The van der Waals surface area contributed by atoms with Crippen LogP contribution in [0.15, 0.2) is 24.3 Å². The van der Waals surface area contributed by atoms with E-state index in [-0.39, 0.29) is 11.6 Å². The van der Waals surface area contributed by atoms with Gasteiger partial charge in [-0.05, 0) is 38.4 Å². The molecule has 1 aliphatic rings. The number of amides is 1. The first-order chi connectivity index (χ1) is 10.1. The van der Waals surface area contributed by atoms with Crippen molar-refractivity contribution in [2.45, 2.75) is 32.2 Å². The van der Waals surface area contributed by atoms with Crippen LogP contribution in [0, 0.1) is 10.1 Å². The fraction of sp³-hybridized carbons (Fsp3) is 0.533. The van der Waals surface area contributed by atoms with Gasteiger partial charge in [-0.25, -0.2) is 0 Å². The molecule has 0 saturated carbocycles. The second-order valence-corrected chi connectivity index (χ2v) is 5.29. The predicted octanol–water partition coefficient (Wildman–Crippen LogP) is 2.20. The summed E-state index contributed by atoms with van der Waals surface area (Å²) in [5.74, 6) is -0.0697. The van der Waals surface area contributed by atoms with Gasteiger partial charge < -0.3 is 10.2 Å². The molecule has 0 radical (unpaired) electrons. The van der Waals surface area contributed by atoms with Crippen molar-refractivity contribution in [3.63, 3.8) is 0 Å². The molecular weight excluding hydrogens is 270 g/mol. The number of likely N-dealkylation sites (N-methyl/N-ethyl adjacent to an activating group) is 1. The average Bonchev–Trinajstić information content (AvgIpc) is 2.53. The van der Waals surface area contributed by atoms with E-state index in [1.54, 1.807) is 4.90 Å². The summed E-state index contributed by atoms with van der Waals surface area (Å²) in [4.78, 5) is 24.4. The van der Waals surface area contributed by atoms with Crippen molar-refractivity contribution in [3.05, 3.63) is 39.9 Å². The summed E-state index contributed by atoms with van der Waals surface area (Å²) in [6.45, 7) is 4.28. The van der Waals surface area contributed by atoms with E-state index in [9.17, 15) is 14.9 Å². The molecule has 0 aromatic heterocycles. The average molecular weight is 291 g/mol. The van der Waals surface area contributed by atoms with Gasteiger partial charge in [0.2, 0.25) is 0 Å². The van der Waals surface area contributed by atoms with Crippen molar-refractivity contribution >= 4 is 11.6 Å². The molecule has 6 heteroatoms. The van der Waals surface area contributed by atoms with Crippen LogP contribution in [-0.2, 0) is 0 Å². The van der Waals surface area contributed by atoms with Crippen molar-refractivity contribution in [1.29, 1.82) is 0 Å². The van der Waals surface area contributed by atoms with Crippen LogP contribution in [0.5, 0.6) is 0 Å². The number of benzene rings is 1. The highest BCUT2D eigenvalue weighted by atomic mass is 16.6. The fourth-order valence-electron chi connectivity index (χ4n) is 2.61. The monoisotopic (exact) mass is 291 g/mol. The number of nitrogens with one attached hydrogen (secondary N) is 1. The van der Waals surface area contributed by atoms with Gasteiger partial charge in [-0.1, -0.05) is 6.42 Å². The summed E-state index contributed by atoms with van der Waals surface area (Å²) in [6, 6.07) is 6.15. The maximum atomic E-state index is 12.5. The predicted molar refractivity (Wildman–Crippen MR) is 80.3 cm³/mol. The molecule has 0 spiro atoms. The maximum Gasteiger partial charge on any atom is 0.269 e. The first kappa shape index (κ1) is 15.4. The summed E-state index contributed by atoms with van der Waals surface area (Å²) < 4.78 is 0. The van der Waals surface area contributed by atoms with E-state index >= 15 is 0 Å². The molecule has 21 heavy (non-hydrogen) atoms. The van der Waals surface area contributed by atoms with Crippen LogP contribution in [0.4, 0.5) is 5.69 Å². The van der Waals surface area contributed by atoms with E-state index in [1.807, 2.05) is 6.92 Å². The molecule has 6 nitrogen and oxygen atoms in total. The Morgan fingerprint density at radius 3 is 2.62 bits per heavy atom. The lowest BCUT2D eigenvalue weighted by molar-refractivity contribution is -0.384. The molecule has 1 saturated heterocycles. The molecule has 1 amide bonds. The number of rotatable bonds is 5. The van der Waals surface area contributed by atoms with Gasteiger partial charge in [0.05, 0.1) is 4.92 Å². The first-order valence-electron chi connectivity index (χ1n) is 7.39. The van der Waals surface area contributed by atoms with Gasteiger partial charge in [-0.3, -0.25) is 14.9 Å². The van der Waals surface area contributed by atoms with E-state index < -0.39 is 4.92 Å². The number of nitrogens with zero attached hydrogens (tertiary/aromatic N) is 2. The topological polar surface area (TPSA) is 75.5 Å². The van der Waals surface area contributed by atoms with Crippen molar-refractivity contribution in [2.24, 2.45) is 0 Å². The Balaban J connectivity index is 2.02. The third-order valence-electron chi connectivity index (χ3n) is 3.85. The molecule has 1 atom stereocenters. The Bertz CT molecular complexity index is 495. The van der Waals surface area contributed by atoms with Crippen LogP contribution < -0.4 is 5.32 Å². The molecule has 1 fully saturated rings. The number of carbonyl (C=O) groups excluding carboxylic acids is 1. The second kappa shape index (κ2) is 7.17. The summed E-state index contributed by atoms with van der Waals surface area (Å²) in [5.41, 5.74) is 0.502. The second-order valence-electron chi connectivity index (χ2n) is 5.29. The van der Waals surface area contributed by atoms with Gasteiger partial charge >= 0.3 is 0 Å². The Morgan fingerprint density at radius 2 is 2.10 bits per heavy atom. The largest absolute Gasteiger partial charge is 0.337 e. The molecule has 1 N–H and O–H groups in total. The molecule has 1 heterocycles. The van der Waals surface area contributed by atoms with E-state index in [1.165, 1.54) is 37.1 Å². The number of non-ortho nitro benzene ring substituents is 1. The van der Waals surface area contributed by atoms with Crippen LogP contribution in [0.3, 0.4) is 0 Å². The van der Waals surface area contributed by atoms with Gasteiger partial charge in [-0.2, -0.15) is 0 Å². The SMILES string of the molecule is CCN(CC1CCCCN1)C(=O)c1ccc([N+](=O)[O-])cc1. The van der Waals surface area contributed by atoms with E-state index in [2.05, 4.69) is 5.32 Å². The third-order valence-corrected chi connectivity index (χ3v) is 3.85. The molecule has 2 rings (SSSR count). The minimum atomic E-state index is -0.461. The highest BCUT2D eigenvalue weighted by molar-refractivity contribution is 5.94. The van der Waals surface area contributed by atoms with Gasteiger partial charge in [0.25, 0.3) is 11.6 Å². The lowest BCUT2D eigenvalue weighted by Gasteiger charge is -2.30. The maximum absolute atomic E-state index is 12.5. The van der Waals surface area contributed by atoms with Crippen molar-refractivity contribution in [1.82, 2.24) is 10.2 Å². The molecule has 1 aliphatic heterocycles. The van der Waals surface area contributed by atoms with Gasteiger partial charge in [-0.15, -0.1) is 0 Å². The van der Waals surface area contributed by atoms with E-state index in [4.69, 9.17) is 0 Å². The van der Waals surface area contributed by atoms with E-state index in [0.717, 1.165) is 13.0 Å². The lowest BCUT2D eigenvalue weighted by atomic mass is 10.0. The third kappa shape index (κ3) is 4.01. The number of hydrogen-bond donors (Lipinski definition) is 1. The Hall–Kier alpha value is -1.95. The zero-order valence-electron chi connectivity index (χ0n) is 12.2. The molecule has 1 unspecified atom stereocenters. The Kier molecular flexibility index (Phi) is 5.27. The normalized spacial score (nSPS) is 18.2. The van der Waals surface area contributed by atoms with Gasteiger partial charge in [0.15, 0.2) is 0 Å². The Morgan fingerprint density at radius 1 is 1.38 bits per heavy atom. The van der Waals surface area contributed by atoms with Crippen molar-refractivity contribution in [3.8, 4) is 0 Å². The molecule has 114 valence electrons. The zero-order chi connectivity index (χ0) is 15.2. The van der Waals surface area contributed by atoms with Gasteiger partial charge in [0, 0.05) is 36.8 Å². The van der Waals surface area contributed by atoms with E-state index in [0.29, 0.717) is 24.7 Å². The van der Waals surface area contributed by atoms with Crippen LogP contribution in [0.2, 0.25) is 0 Å². The number of hydrogen-bond acceptors (Lipinski definition) is 4. The number of piperidine rings is 1. The van der Waals surface area contributed by atoms with Crippen molar-refractivity contribution < 1.29 is 9.72 Å². The molecule has 1 aromatic rings. The Labute approximate surface area is 124 Å². The summed E-state index contributed by atoms with van der Waals surface area (Å²) >= 11 is 0. The highest BCUT2D eigenvalue weighted by Gasteiger charge is 2.20. The minimum Gasteiger partial charge on any atom is -0.337 e. The van der Waals surface area contributed by atoms with Crippen LogP contribution in [0.25, 0.3) is 0 Å². The fourth-order valence-corrected chi connectivity index (χ4v) is 2.61. The quantitative estimate of drug-likeness (QED) is 0.666. The van der Waals surface area contributed by atoms with Gasteiger partial charge in [0.1, 0.15) is 0 Å². The van der Waals surface area contributed by atoms with Crippen LogP contribution in [0.1, 0.15) is 36.5 Å². The summed E-state index contributed by atoms with van der Waals surface area (Å²) in [5, 5.41) is 14.1. The molecule has 1 aromatic carbocycles. The summed E-state index contributed by atoms with van der Waals surface area (Å²) in [6.07, 6.45) is 3.48. The highest BCUT2D eigenvalue weighted by Crippen LogP contribution is 2.15. The number of carbonyl (C=O) groups is 1. The first-order valence-corrected chi connectivity index (χ1v) is 7.39. The van der Waals surface area contributed by atoms with Crippen LogP contribution >= 0.6 is 0 Å². The minimum absolute atomic E-state index is 0.00328. The zero-order valence-corrected chi connectivity index (χ0v) is 12.2. The number of nitro benzene ring substituents is 1. The number of nitro groups is 1. The molecule has 0 aliphatic carbocycles. The smallest absolute Gasteiger partial charge is 0.269 e. The molecular formula is C15H21N3O3. The molecule has 0 bridgehead atoms. The standard InChI is InChI=1S/C15H21N3O3/c1-2-17(11-13-5-3-4-10-16-13)15(19)12-6-8-14(9-7-12)18(20)21/h6-9,13,16H,2-5,10-11H2,1H3. The van der Waals surface area contributed by atoms with Crippen LogP contribution in [-0.4, -0.2) is 41.4 Å². The van der Waals surface area contributed by atoms with Crippen molar-refractivity contribution in [2.75, 3.05) is 19.6 Å².